The second kappa shape index (κ2) is 11.2. The second-order valence-corrected chi connectivity index (χ2v) is 10.4. The van der Waals surface area contributed by atoms with E-state index in [-0.39, 0.29) is 34.5 Å². The van der Waals surface area contributed by atoms with Crippen molar-refractivity contribution in [3.63, 3.8) is 0 Å². The number of ether oxygens (including phenoxy) is 2. The number of thioether (sulfide) groups is 1. The Kier molecular flexibility index (Phi) is 8.60. The van der Waals surface area contributed by atoms with E-state index in [1.54, 1.807) is 38.1 Å². The third-order valence-electron chi connectivity index (χ3n) is 4.32. The predicted octanol–water partition coefficient (Wildman–Crippen LogP) is 4.06. The number of nitrogens with zero attached hydrogens (tertiary/aromatic N) is 1. The molecule has 0 bridgehead atoms. The van der Waals surface area contributed by atoms with Crippen LogP contribution in [0.4, 0.5) is 4.79 Å². The lowest BCUT2D eigenvalue weighted by molar-refractivity contribution is -0.145. The van der Waals surface area contributed by atoms with Crippen molar-refractivity contribution >= 4 is 67.7 Å². The summed E-state index contributed by atoms with van der Waals surface area (Å²) < 4.78 is 41.6. The zero-order chi connectivity index (χ0) is 24.9. The molecule has 1 heterocycles. The van der Waals surface area contributed by atoms with Crippen LogP contribution in [0.5, 0.6) is 11.5 Å². The molecule has 0 N–H and O–H groups in total. The average molecular weight is 617 g/mol. The largest absolute Gasteiger partial charge is 0.490 e. The minimum atomic E-state index is -4.11. The monoisotopic (exact) mass is 617 g/mol. The molecule has 2 aromatic rings. The molecular formula is C22H20INO8S2. The molecule has 0 spiro atoms. The van der Waals surface area contributed by atoms with Gasteiger partial charge in [-0.1, -0.05) is 18.2 Å². The number of hydrogen-bond acceptors (Lipinski definition) is 9. The van der Waals surface area contributed by atoms with Gasteiger partial charge < -0.3 is 13.7 Å². The molecule has 180 valence electrons. The van der Waals surface area contributed by atoms with Crippen LogP contribution in [0.25, 0.3) is 6.08 Å². The Morgan fingerprint density at radius 1 is 1.12 bits per heavy atom. The summed E-state index contributed by atoms with van der Waals surface area (Å²) in [5.41, 5.74) is 0.485. The number of amides is 2. The predicted molar refractivity (Wildman–Crippen MR) is 134 cm³/mol. The van der Waals surface area contributed by atoms with Gasteiger partial charge in [0.25, 0.3) is 11.1 Å². The van der Waals surface area contributed by atoms with Crippen LogP contribution in [0.15, 0.2) is 52.3 Å². The zero-order valence-corrected chi connectivity index (χ0v) is 21.9. The first-order valence-corrected chi connectivity index (χ1v) is 13.3. The minimum Gasteiger partial charge on any atom is -0.490 e. The lowest BCUT2D eigenvalue weighted by atomic mass is 10.2. The molecule has 0 unspecified atom stereocenters. The van der Waals surface area contributed by atoms with Crippen molar-refractivity contribution in [3.05, 3.63) is 56.5 Å². The van der Waals surface area contributed by atoms with E-state index in [1.165, 1.54) is 24.3 Å². The SMILES string of the molecule is CCOC(=O)CN1C(=O)S/C(=C\c2cc(I)c(OS(=O)(=O)c3ccccc3)c(OCC)c2)C1=O. The van der Waals surface area contributed by atoms with Crippen LogP contribution in [0, 0.1) is 3.57 Å². The number of imide groups is 1. The van der Waals surface area contributed by atoms with Gasteiger partial charge in [-0.05, 0) is 84.1 Å². The smallest absolute Gasteiger partial charge is 0.339 e. The summed E-state index contributed by atoms with van der Waals surface area (Å²) in [7, 11) is -4.11. The number of benzene rings is 2. The molecule has 3 rings (SSSR count). The molecule has 0 aromatic heterocycles. The van der Waals surface area contributed by atoms with Crippen LogP contribution in [0.3, 0.4) is 0 Å². The van der Waals surface area contributed by atoms with Crippen LogP contribution in [-0.4, -0.2) is 50.2 Å². The number of halogens is 1. The number of esters is 1. The molecule has 2 amide bonds. The summed E-state index contributed by atoms with van der Waals surface area (Å²) in [6.45, 7) is 3.26. The maximum absolute atomic E-state index is 12.7. The maximum Gasteiger partial charge on any atom is 0.339 e. The van der Waals surface area contributed by atoms with Crippen LogP contribution >= 0.6 is 34.4 Å². The highest BCUT2D eigenvalue weighted by molar-refractivity contribution is 14.1. The fourth-order valence-electron chi connectivity index (χ4n) is 2.88. The van der Waals surface area contributed by atoms with Gasteiger partial charge >= 0.3 is 16.1 Å². The van der Waals surface area contributed by atoms with Crippen molar-refractivity contribution in [1.29, 1.82) is 0 Å². The number of rotatable bonds is 9. The molecular weight excluding hydrogens is 597 g/mol. The summed E-state index contributed by atoms with van der Waals surface area (Å²) in [6, 6.07) is 10.8. The van der Waals surface area contributed by atoms with Crippen LogP contribution in [0.1, 0.15) is 19.4 Å². The Bertz CT molecular complexity index is 1250. The standard InChI is InChI=1S/C22H20INO8S2/c1-3-30-17-11-14(12-18-21(26)24(22(27)33-18)13-19(25)31-4-2)10-16(23)20(17)32-34(28,29)15-8-6-5-7-9-15/h5-12H,3-4,13H2,1-2H3/b18-12-. The highest BCUT2D eigenvalue weighted by Gasteiger charge is 2.36. The van der Waals surface area contributed by atoms with Crippen molar-refractivity contribution < 1.29 is 36.5 Å². The van der Waals surface area contributed by atoms with E-state index in [4.69, 9.17) is 13.7 Å². The van der Waals surface area contributed by atoms with E-state index < -0.39 is 33.8 Å². The Labute approximate surface area is 214 Å². The average Bonchev–Trinajstić information content (AvgIpc) is 3.04. The van der Waals surface area contributed by atoms with Gasteiger partial charge in [0.05, 0.1) is 21.7 Å². The molecule has 2 aromatic carbocycles. The van der Waals surface area contributed by atoms with Gasteiger partial charge in [-0.25, -0.2) is 0 Å². The van der Waals surface area contributed by atoms with Crippen molar-refractivity contribution in [2.24, 2.45) is 0 Å². The van der Waals surface area contributed by atoms with Gasteiger partial charge in [-0.3, -0.25) is 19.3 Å². The van der Waals surface area contributed by atoms with Gasteiger partial charge in [0.15, 0.2) is 11.5 Å². The third-order valence-corrected chi connectivity index (χ3v) is 7.26. The second-order valence-electron chi connectivity index (χ2n) is 6.69. The van der Waals surface area contributed by atoms with Gasteiger partial charge in [-0.15, -0.1) is 0 Å². The minimum absolute atomic E-state index is 0.00685. The van der Waals surface area contributed by atoms with Crippen molar-refractivity contribution in [3.8, 4) is 11.5 Å². The molecule has 12 heteroatoms. The maximum atomic E-state index is 12.7. The molecule has 1 aliphatic heterocycles. The first kappa shape index (κ1) is 26.0. The van der Waals surface area contributed by atoms with E-state index in [2.05, 4.69) is 0 Å². The van der Waals surface area contributed by atoms with Gasteiger partial charge in [0.1, 0.15) is 11.4 Å². The van der Waals surface area contributed by atoms with Crippen LogP contribution in [-0.2, 0) is 24.4 Å². The summed E-state index contributed by atoms with van der Waals surface area (Å²) in [5, 5.41) is -0.585. The molecule has 34 heavy (non-hydrogen) atoms. The van der Waals surface area contributed by atoms with Gasteiger partial charge in [0.2, 0.25) is 0 Å². The molecule has 1 saturated heterocycles. The quantitative estimate of drug-likeness (QED) is 0.178. The van der Waals surface area contributed by atoms with Gasteiger partial charge in [0, 0.05) is 0 Å². The first-order valence-electron chi connectivity index (χ1n) is 10.0. The van der Waals surface area contributed by atoms with E-state index in [0.29, 0.717) is 20.9 Å². The van der Waals surface area contributed by atoms with E-state index >= 15 is 0 Å². The Morgan fingerprint density at radius 3 is 2.47 bits per heavy atom. The van der Waals surface area contributed by atoms with E-state index in [0.717, 1.165) is 4.90 Å². The van der Waals surface area contributed by atoms with Crippen molar-refractivity contribution in [2.45, 2.75) is 18.7 Å². The van der Waals surface area contributed by atoms with E-state index in [9.17, 15) is 22.8 Å². The Morgan fingerprint density at radius 2 is 1.82 bits per heavy atom. The topological polar surface area (TPSA) is 116 Å². The number of carbonyl (C=O) groups excluding carboxylic acids is 3. The summed E-state index contributed by atoms with van der Waals surface area (Å²) >= 11 is 2.60. The molecule has 1 aliphatic rings. The molecule has 9 nitrogen and oxygen atoms in total. The fourth-order valence-corrected chi connectivity index (χ4v) is 5.58. The van der Waals surface area contributed by atoms with E-state index in [1.807, 2.05) is 22.6 Å². The summed E-state index contributed by atoms with van der Waals surface area (Å²) in [5.74, 6) is -1.13. The third kappa shape index (κ3) is 6.10. The van der Waals surface area contributed by atoms with Crippen molar-refractivity contribution in [1.82, 2.24) is 4.90 Å². The summed E-state index contributed by atoms with van der Waals surface area (Å²) in [4.78, 5) is 37.5. The number of hydrogen-bond donors (Lipinski definition) is 0. The highest BCUT2D eigenvalue weighted by atomic mass is 127. The lowest BCUT2D eigenvalue weighted by Gasteiger charge is -2.14. The zero-order valence-electron chi connectivity index (χ0n) is 18.1. The van der Waals surface area contributed by atoms with Crippen LogP contribution < -0.4 is 8.92 Å². The molecule has 0 radical (unpaired) electrons. The number of carbonyl (C=O) groups is 3. The van der Waals surface area contributed by atoms with Crippen molar-refractivity contribution in [2.75, 3.05) is 19.8 Å². The van der Waals surface area contributed by atoms with Crippen LogP contribution in [0.2, 0.25) is 0 Å². The molecule has 0 aliphatic carbocycles. The normalized spacial score (nSPS) is 15.0. The first-order chi connectivity index (χ1) is 16.2. The van der Waals surface area contributed by atoms with Gasteiger partial charge in [-0.2, -0.15) is 8.42 Å². The Hall–Kier alpha value is -2.58. The Balaban J connectivity index is 1.91. The summed E-state index contributed by atoms with van der Waals surface area (Å²) in [6.07, 6.45) is 1.47. The fraction of sp³-hybridized carbons (Fsp3) is 0.227. The highest BCUT2D eigenvalue weighted by Crippen LogP contribution is 2.38. The lowest BCUT2D eigenvalue weighted by Crippen LogP contribution is -2.34. The molecule has 0 saturated carbocycles. The molecule has 0 atom stereocenters. The molecule has 1 fully saturated rings.